The highest BCUT2D eigenvalue weighted by Gasteiger charge is 1.70. The summed E-state index contributed by atoms with van der Waals surface area (Å²) in [5.74, 6) is 0. The minimum absolute atomic E-state index is 0.123. The van der Waals surface area contributed by atoms with E-state index in [-0.39, 0.29) is 5.17 Å². The van der Waals surface area contributed by atoms with Crippen LogP contribution < -0.4 is 5.17 Å². The van der Waals surface area contributed by atoms with E-state index in [0.29, 0.717) is 0 Å². The molecule has 0 aliphatic heterocycles. The average Bonchev–Trinajstić information content (AvgIpc) is 1.61. The van der Waals surface area contributed by atoms with Crippen LogP contribution in [0.15, 0.2) is 5.10 Å². The zero-order chi connectivity index (χ0) is 5.70. The van der Waals surface area contributed by atoms with E-state index in [1.54, 1.807) is 6.21 Å². The van der Waals surface area contributed by atoms with Crippen molar-refractivity contribution >= 4 is 6.21 Å². The summed E-state index contributed by atoms with van der Waals surface area (Å²) >= 11 is 0. The molecule has 7 heavy (non-hydrogen) atoms. The molecule has 1 N–H and O–H groups in total. The molecule has 0 radical (unpaired) electrons. The lowest BCUT2D eigenvalue weighted by Gasteiger charge is -2.04. The average molecular weight is 102 g/mol. The fourth-order valence-corrected chi connectivity index (χ4v) is 0.220. The number of rotatable bonds is 2. The van der Waals surface area contributed by atoms with Gasteiger partial charge in [-0.05, 0) is 6.42 Å². The van der Waals surface area contributed by atoms with E-state index in [9.17, 15) is 5.21 Å². The lowest BCUT2D eigenvalue weighted by atomic mass is 10.6. The third kappa shape index (κ3) is 5.59. The molecule has 0 spiro atoms. The molecule has 0 aromatic carbocycles. The molecule has 0 aliphatic rings. The number of hydrogen-bond donors (Lipinski definition) is 1. The van der Waals surface area contributed by atoms with E-state index >= 15 is 0 Å². The normalized spacial score (nSPS) is 15.3. The second kappa shape index (κ2) is 3.77. The Morgan fingerprint density at radius 1 is 1.86 bits per heavy atom. The highest BCUT2D eigenvalue weighted by Crippen LogP contribution is 1.59. The van der Waals surface area contributed by atoms with Crippen molar-refractivity contribution < 1.29 is 5.17 Å². The van der Waals surface area contributed by atoms with Gasteiger partial charge >= 0.3 is 0 Å². The highest BCUT2D eigenvalue weighted by atomic mass is 16.5. The Morgan fingerprint density at radius 3 is 2.57 bits per heavy atom. The molecule has 0 aromatic rings. The molecule has 0 rings (SSSR count). The van der Waals surface area contributed by atoms with Crippen molar-refractivity contribution in [2.75, 3.05) is 7.05 Å². The van der Waals surface area contributed by atoms with Crippen molar-refractivity contribution in [3.8, 4) is 0 Å². The molecule has 0 heterocycles. The number of hydroxylamine groups is 1. The predicted octanol–water partition coefficient (Wildman–Crippen LogP) is -0.605. The van der Waals surface area contributed by atoms with Gasteiger partial charge in [0, 0.05) is 0 Å². The van der Waals surface area contributed by atoms with E-state index in [1.165, 1.54) is 7.05 Å². The zero-order valence-corrected chi connectivity index (χ0v) is 4.64. The van der Waals surface area contributed by atoms with Crippen LogP contribution in [0.5, 0.6) is 0 Å². The van der Waals surface area contributed by atoms with E-state index < -0.39 is 0 Å². The first-order valence-corrected chi connectivity index (χ1v) is 2.30. The third-order valence-corrected chi connectivity index (χ3v) is 0.456. The van der Waals surface area contributed by atoms with Crippen LogP contribution in [0.3, 0.4) is 0 Å². The van der Waals surface area contributed by atoms with Gasteiger partial charge in [-0.25, -0.2) is 5.17 Å². The SMILES string of the molecule is CC/C=N/[NH+](C)[O-]. The molecular weight excluding hydrogens is 92.1 g/mol. The maximum atomic E-state index is 10.0. The van der Waals surface area contributed by atoms with Crippen LogP contribution in [0, 0.1) is 5.21 Å². The highest BCUT2D eigenvalue weighted by molar-refractivity contribution is 5.55. The van der Waals surface area contributed by atoms with Gasteiger partial charge in [0.2, 0.25) is 0 Å². The largest absolute Gasteiger partial charge is 0.606 e. The van der Waals surface area contributed by atoms with Crippen LogP contribution in [-0.2, 0) is 0 Å². The van der Waals surface area contributed by atoms with Gasteiger partial charge in [-0.1, -0.05) is 12.0 Å². The third-order valence-electron chi connectivity index (χ3n) is 0.456. The first-order chi connectivity index (χ1) is 3.27. The molecule has 0 fully saturated rings. The smallest absolute Gasteiger partial charge is 0.0906 e. The van der Waals surface area contributed by atoms with Crippen molar-refractivity contribution in [2.24, 2.45) is 5.10 Å². The van der Waals surface area contributed by atoms with E-state index in [1.807, 2.05) is 6.92 Å². The topological polar surface area (TPSA) is 39.9 Å². The summed E-state index contributed by atoms with van der Waals surface area (Å²) in [4.78, 5) is 0. The Kier molecular flexibility index (Phi) is 3.55. The Hall–Kier alpha value is -0.410. The fraction of sp³-hybridized carbons (Fsp3) is 0.750. The van der Waals surface area contributed by atoms with Crippen LogP contribution in [0.25, 0.3) is 0 Å². The van der Waals surface area contributed by atoms with Crippen molar-refractivity contribution in [1.82, 2.24) is 0 Å². The van der Waals surface area contributed by atoms with Gasteiger partial charge in [0.1, 0.15) is 0 Å². The number of nitrogens with one attached hydrogen (secondary N) is 1. The van der Waals surface area contributed by atoms with Gasteiger partial charge < -0.3 is 5.21 Å². The molecule has 0 aliphatic carbocycles. The maximum absolute atomic E-state index is 10.0. The molecule has 3 nitrogen and oxygen atoms in total. The first-order valence-electron chi connectivity index (χ1n) is 2.30. The van der Waals surface area contributed by atoms with Gasteiger partial charge in [0.15, 0.2) is 0 Å². The Labute approximate surface area is 43.2 Å². The van der Waals surface area contributed by atoms with Crippen LogP contribution in [0.1, 0.15) is 13.3 Å². The monoisotopic (exact) mass is 102 g/mol. The number of quaternary nitrogens is 1. The molecule has 0 saturated heterocycles. The Morgan fingerprint density at radius 2 is 2.43 bits per heavy atom. The number of nitrogens with zero attached hydrogens (tertiary/aromatic N) is 1. The predicted molar refractivity (Wildman–Crippen MR) is 29.0 cm³/mol. The summed E-state index contributed by atoms with van der Waals surface area (Å²) in [6, 6.07) is 0. The maximum Gasteiger partial charge on any atom is 0.0906 e. The van der Waals surface area contributed by atoms with Crippen molar-refractivity contribution in [3.63, 3.8) is 0 Å². The van der Waals surface area contributed by atoms with Crippen LogP contribution in [-0.4, -0.2) is 13.3 Å². The van der Waals surface area contributed by atoms with Gasteiger partial charge in [-0.2, -0.15) is 0 Å². The van der Waals surface area contributed by atoms with Gasteiger partial charge in [-0.3, -0.25) is 0 Å². The molecule has 0 aromatic heterocycles. The lowest BCUT2D eigenvalue weighted by molar-refractivity contribution is -0.832. The minimum atomic E-state index is -0.123. The standard InChI is InChI=1S/C4H10N2O/c1-3-4-5-6(2)7/h4,6H,3H2,1-2H3/b5-4+. The van der Waals surface area contributed by atoms with E-state index in [2.05, 4.69) is 5.10 Å². The molecule has 42 valence electrons. The molecule has 0 saturated carbocycles. The molecule has 0 amide bonds. The zero-order valence-electron chi connectivity index (χ0n) is 4.64. The number of hydrogen-bond acceptors (Lipinski definition) is 2. The summed E-state index contributed by atoms with van der Waals surface area (Å²) in [6.07, 6.45) is 2.43. The van der Waals surface area contributed by atoms with Crippen LogP contribution in [0.2, 0.25) is 0 Å². The molecule has 3 heteroatoms. The summed E-state index contributed by atoms with van der Waals surface area (Å²) in [7, 11) is 1.44. The summed E-state index contributed by atoms with van der Waals surface area (Å²) in [6.45, 7) is 1.94. The van der Waals surface area contributed by atoms with Crippen LogP contribution in [0.4, 0.5) is 0 Å². The van der Waals surface area contributed by atoms with Crippen molar-refractivity contribution in [2.45, 2.75) is 13.3 Å². The van der Waals surface area contributed by atoms with E-state index in [0.717, 1.165) is 6.42 Å². The van der Waals surface area contributed by atoms with Gasteiger partial charge in [0.25, 0.3) is 0 Å². The summed E-state index contributed by atoms with van der Waals surface area (Å²) in [5.41, 5.74) is 0. The van der Waals surface area contributed by atoms with Gasteiger partial charge in [-0.15, -0.1) is 0 Å². The Balaban J connectivity index is 3.08. The van der Waals surface area contributed by atoms with Gasteiger partial charge in [0.05, 0.1) is 13.3 Å². The molecule has 1 unspecified atom stereocenters. The van der Waals surface area contributed by atoms with Crippen molar-refractivity contribution in [1.29, 1.82) is 0 Å². The van der Waals surface area contributed by atoms with Crippen LogP contribution >= 0.6 is 0 Å². The summed E-state index contributed by atoms with van der Waals surface area (Å²) in [5, 5.41) is 13.4. The summed E-state index contributed by atoms with van der Waals surface area (Å²) < 4.78 is 0. The molecule has 0 bridgehead atoms. The second-order valence-corrected chi connectivity index (χ2v) is 1.24. The minimum Gasteiger partial charge on any atom is -0.606 e. The fourth-order valence-electron chi connectivity index (χ4n) is 0.220. The lowest BCUT2D eigenvalue weighted by Crippen LogP contribution is -2.98. The quantitative estimate of drug-likeness (QED) is 0.367. The Bertz CT molecular complexity index is 60.7. The molecule has 1 atom stereocenters. The molecular formula is C4H10N2O. The first kappa shape index (κ1) is 6.59. The van der Waals surface area contributed by atoms with Crippen molar-refractivity contribution in [3.05, 3.63) is 5.21 Å². The second-order valence-electron chi connectivity index (χ2n) is 1.24. The van der Waals surface area contributed by atoms with E-state index in [4.69, 9.17) is 0 Å².